The van der Waals surface area contributed by atoms with Crippen molar-refractivity contribution in [3.05, 3.63) is 81.9 Å². The highest BCUT2D eigenvalue weighted by Crippen LogP contribution is 2.30. The average molecular weight is 457 g/mol. The monoisotopic (exact) mass is 456 g/mol. The van der Waals surface area contributed by atoms with Crippen molar-refractivity contribution in [2.24, 2.45) is 9.98 Å². The summed E-state index contributed by atoms with van der Waals surface area (Å²) in [5.41, 5.74) is 6.95. The lowest BCUT2D eigenvalue weighted by molar-refractivity contribution is 0.469. The molecule has 3 aromatic rings. The molecule has 0 atom stereocenters. The molecule has 0 unspecified atom stereocenters. The third-order valence-electron chi connectivity index (χ3n) is 5.98. The second-order valence-corrected chi connectivity index (χ2v) is 8.91. The second-order valence-electron chi connectivity index (χ2n) is 8.91. The van der Waals surface area contributed by atoms with Gasteiger partial charge in [0.2, 0.25) is 0 Å². The van der Waals surface area contributed by atoms with Gasteiger partial charge in [-0.2, -0.15) is 0 Å². The zero-order valence-corrected chi connectivity index (χ0v) is 20.8. The van der Waals surface area contributed by atoms with Crippen LogP contribution in [0.5, 0.6) is 11.5 Å². The molecule has 3 aromatic carbocycles. The molecule has 0 aliphatic carbocycles. The van der Waals surface area contributed by atoms with Crippen LogP contribution in [0.25, 0.3) is 0 Å². The van der Waals surface area contributed by atoms with E-state index in [0.717, 1.165) is 49.7 Å². The molecular formula is C30H36N2O2. The largest absolute Gasteiger partial charge is 0.507 e. The van der Waals surface area contributed by atoms with Crippen molar-refractivity contribution in [3.8, 4) is 11.5 Å². The van der Waals surface area contributed by atoms with E-state index in [1.807, 2.05) is 62.4 Å². The van der Waals surface area contributed by atoms with Crippen LogP contribution in [-0.4, -0.2) is 22.6 Å². The van der Waals surface area contributed by atoms with Crippen LogP contribution in [0.15, 0.2) is 58.5 Å². The van der Waals surface area contributed by atoms with E-state index >= 15 is 0 Å². The van der Waals surface area contributed by atoms with Gasteiger partial charge < -0.3 is 10.2 Å². The van der Waals surface area contributed by atoms with E-state index in [4.69, 9.17) is 0 Å². The van der Waals surface area contributed by atoms with E-state index in [0.29, 0.717) is 22.5 Å². The van der Waals surface area contributed by atoms with Crippen molar-refractivity contribution < 1.29 is 10.2 Å². The Morgan fingerprint density at radius 3 is 1.47 bits per heavy atom. The first kappa shape index (κ1) is 25.2. The maximum Gasteiger partial charge on any atom is 0.127 e. The zero-order chi connectivity index (χ0) is 24.5. The topological polar surface area (TPSA) is 65.2 Å². The Hall–Kier alpha value is -3.40. The summed E-state index contributed by atoms with van der Waals surface area (Å²) >= 11 is 0. The molecular weight excluding hydrogens is 420 g/mol. The number of nitrogens with zero attached hydrogens (tertiary/aromatic N) is 2. The van der Waals surface area contributed by atoms with Crippen LogP contribution in [0.2, 0.25) is 0 Å². The van der Waals surface area contributed by atoms with Crippen molar-refractivity contribution in [2.75, 3.05) is 0 Å². The molecule has 4 heteroatoms. The quantitative estimate of drug-likeness (QED) is 0.304. The molecule has 2 N–H and O–H groups in total. The zero-order valence-electron chi connectivity index (χ0n) is 20.8. The van der Waals surface area contributed by atoms with Gasteiger partial charge in [-0.25, -0.2) is 0 Å². The van der Waals surface area contributed by atoms with Crippen molar-refractivity contribution in [1.82, 2.24) is 0 Å². The molecule has 0 radical (unpaired) electrons. The summed E-state index contributed by atoms with van der Waals surface area (Å²) in [6, 6.07) is 15.7. The van der Waals surface area contributed by atoms with Crippen LogP contribution >= 0.6 is 0 Å². The second kappa shape index (κ2) is 12.2. The third kappa shape index (κ3) is 6.57. The molecule has 0 bridgehead atoms. The highest BCUT2D eigenvalue weighted by molar-refractivity contribution is 5.90. The van der Waals surface area contributed by atoms with Gasteiger partial charge in [0.05, 0.1) is 11.4 Å². The van der Waals surface area contributed by atoms with Gasteiger partial charge in [-0.3, -0.25) is 9.98 Å². The van der Waals surface area contributed by atoms with Gasteiger partial charge in [0.15, 0.2) is 0 Å². The molecule has 3 rings (SSSR count). The van der Waals surface area contributed by atoms with Gasteiger partial charge >= 0.3 is 0 Å². The number of hydrogen-bond acceptors (Lipinski definition) is 4. The number of unbranched alkanes of at least 4 members (excludes halogenated alkanes) is 2. The Labute approximate surface area is 203 Å². The minimum Gasteiger partial charge on any atom is -0.507 e. The summed E-state index contributed by atoms with van der Waals surface area (Å²) in [6.07, 6.45) is 9.88. The molecule has 0 fully saturated rings. The van der Waals surface area contributed by atoms with E-state index in [-0.39, 0.29) is 11.5 Å². The van der Waals surface area contributed by atoms with E-state index in [9.17, 15) is 10.2 Å². The molecule has 4 nitrogen and oxygen atoms in total. The SMILES string of the molecule is CCCCc1cc(C)c(O)c(C=Nc2ccccc2N=Cc2cc(CCCC)cc(C)c2O)c1. The number of hydrogen-bond donors (Lipinski definition) is 2. The maximum absolute atomic E-state index is 10.5. The number of rotatable bonds is 10. The summed E-state index contributed by atoms with van der Waals surface area (Å²) in [4.78, 5) is 9.30. The van der Waals surface area contributed by atoms with Crippen LogP contribution < -0.4 is 0 Å². The molecule has 0 saturated carbocycles. The number of aryl methyl sites for hydroxylation is 4. The average Bonchev–Trinajstić information content (AvgIpc) is 2.84. The summed E-state index contributed by atoms with van der Waals surface area (Å²) in [5, 5.41) is 21.1. The van der Waals surface area contributed by atoms with E-state index in [1.165, 1.54) is 11.1 Å². The number of phenolic OH excluding ortho intramolecular Hbond substituents is 2. The Morgan fingerprint density at radius 2 is 1.09 bits per heavy atom. The fourth-order valence-electron chi connectivity index (χ4n) is 3.98. The van der Waals surface area contributed by atoms with Crippen molar-refractivity contribution in [1.29, 1.82) is 0 Å². The maximum atomic E-state index is 10.5. The van der Waals surface area contributed by atoms with Crippen LogP contribution in [-0.2, 0) is 12.8 Å². The molecule has 0 aromatic heterocycles. The lowest BCUT2D eigenvalue weighted by atomic mass is 10.0. The predicted molar refractivity (Wildman–Crippen MR) is 144 cm³/mol. The Morgan fingerprint density at radius 1 is 0.676 bits per heavy atom. The van der Waals surface area contributed by atoms with Gasteiger partial charge in [-0.1, -0.05) is 51.0 Å². The highest BCUT2D eigenvalue weighted by Gasteiger charge is 2.08. The standard InChI is InChI=1S/C30H36N2O2/c1-5-7-11-23-15-21(3)29(33)25(17-23)19-31-27-13-9-10-14-28(27)32-20-26-18-24(12-8-6-2)16-22(4)30(26)34/h9-10,13-20,33-34H,5-8,11-12H2,1-4H3. The Bertz CT molecular complexity index is 1090. The highest BCUT2D eigenvalue weighted by atomic mass is 16.3. The molecule has 0 aliphatic heterocycles. The smallest absolute Gasteiger partial charge is 0.127 e. The summed E-state index contributed by atoms with van der Waals surface area (Å²) < 4.78 is 0. The van der Waals surface area contributed by atoms with Gasteiger partial charge in [0.25, 0.3) is 0 Å². The van der Waals surface area contributed by atoms with Crippen molar-refractivity contribution in [3.63, 3.8) is 0 Å². The van der Waals surface area contributed by atoms with Gasteiger partial charge in [0, 0.05) is 23.6 Å². The molecule has 0 saturated heterocycles. The number of benzene rings is 3. The van der Waals surface area contributed by atoms with Gasteiger partial charge in [-0.05, 0) is 86.1 Å². The summed E-state index contributed by atoms with van der Waals surface area (Å²) in [5.74, 6) is 0.517. The van der Waals surface area contributed by atoms with Crippen LogP contribution in [0.1, 0.15) is 72.9 Å². The number of aliphatic imine (C=N–C) groups is 2. The summed E-state index contributed by atoms with van der Waals surface area (Å²) in [6.45, 7) is 8.19. The molecule has 178 valence electrons. The third-order valence-corrected chi connectivity index (χ3v) is 5.98. The molecule has 34 heavy (non-hydrogen) atoms. The van der Waals surface area contributed by atoms with Crippen LogP contribution in [0, 0.1) is 13.8 Å². The molecule has 0 aliphatic rings. The first-order valence-corrected chi connectivity index (χ1v) is 12.2. The Balaban J connectivity index is 1.89. The lowest BCUT2D eigenvalue weighted by Crippen LogP contribution is -1.93. The molecule has 0 heterocycles. The van der Waals surface area contributed by atoms with Gasteiger partial charge in [0.1, 0.15) is 11.5 Å². The van der Waals surface area contributed by atoms with E-state index in [1.54, 1.807) is 12.4 Å². The fourth-order valence-corrected chi connectivity index (χ4v) is 3.98. The number of aromatic hydroxyl groups is 2. The normalized spacial score (nSPS) is 11.6. The lowest BCUT2D eigenvalue weighted by Gasteiger charge is -2.09. The van der Waals surface area contributed by atoms with E-state index < -0.39 is 0 Å². The van der Waals surface area contributed by atoms with Crippen molar-refractivity contribution in [2.45, 2.75) is 66.2 Å². The van der Waals surface area contributed by atoms with Crippen LogP contribution in [0.4, 0.5) is 11.4 Å². The number of para-hydroxylation sites is 2. The molecule has 0 spiro atoms. The van der Waals surface area contributed by atoms with E-state index in [2.05, 4.69) is 23.8 Å². The fraction of sp³-hybridized carbons (Fsp3) is 0.333. The predicted octanol–water partition coefficient (Wildman–Crippen LogP) is 7.90. The molecule has 0 amide bonds. The number of phenols is 2. The van der Waals surface area contributed by atoms with Crippen LogP contribution in [0.3, 0.4) is 0 Å². The first-order valence-electron chi connectivity index (χ1n) is 12.2. The minimum absolute atomic E-state index is 0.259. The first-order chi connectivity index (χ1) is 16.4. The minimum atomic E-state index is 0.259. The Kier molecular flexibility index (Phi) is 9.03. The summed E-state index contributed by atoms with van der Waals surface area (Å²) in [7, 11) is 0. The van der Waals surface area contributed by atoms with Crippen molar-refractivity contribution >= 4 is 23.8 Å². The van der Waals surface area contributed by atoms with Gasteiger partial charge in [-0.15, -0.1) is 0 Å².